The summed E-state index contributed by atoms with van der Waals surface area (Å²) in [4.78, 5) is 25.6. The van der Waals surface area contributed by atoms with Crippen molar-refractivity contribution >= 4 is 11.6 Å². The molecule has 4 saturated heterocycles. The van der Waals surface area contributed by atoms with Crippen LogP contribution in [0.2, 0.25) is 0 Å². The van der Waals surface area contributed by atoms with Gasteiger partial charge in [-0.25, -0.2) is 8.78 Å². The number of aliphatic hydroxyl groups is 2. The summed E-state index contributed by atoms with van der Waals surface area (Å²) in [5.74, 6) is -8.05. The minimum Gasteiger partial charge on any atom is -0.394 e. The van der Waals surface area contributed by atoms with E-state index in [0.717, 1.165) is 0 Å². The maximum Gasteiger partial charge on any atom is 0.242 e. The predicted octanol–water partition coefficient (Wildman–Crippen LogP) is -0.846. The van der Waals surface area contributed by atoms with Gasteiger partial charge in [-0.2, -0.15) is 0 Å². The van der Waals surface area contributed by atoms with E-state index in [1.807, 2.05) is 0 Å². The van der Waals surface area contributed by atoms with E-state index in [4.69, 9.17) is 28.4 Å². The van der Waals surface area contributed by atoms with Crippen LogP contribution in [-0.2, 0) is 38.0 Å². The van der Waals surface area contributed by atoms with Crippen molar-refractivity contribution in [3.63, 3.8) is 0 Å². The van der Waals surface area contributed by atoms with Gasteiger partial charge < -0.3 is 49.3 Å². The minimum absolute atomic E-state index is 0.448. The molecule has 12 nitrogen and oxygen atoms in total. The molecule has 1 aliphatic carbocycles. The Morgan fingerprint density at radius 1 is 0.694 bits per heavy atom. The molecular formula is C22H28F2N2O10. The predicted molar refractivity (Wildman–Crippen MR) is 112 cm³/mol. The summed E-state index contributed by atoms with van der Waals surface area (Å²) in [5.41, 5.74) is -1.89. The second kappa shape index (κ2) is 8.77. The topological polar surface area (TPSA) is 154 Å². The van der Waals surface area contributed by atoms with Crippen molar-refractivity contribution in [3.8, 4) is 0 Å². The van der Waals surface area contributed by atoms with Gasteiger partial charge >= 0.3 is 0 Å². The van der Waals surface area contributed by atoms with E-state index in [9.17, 15) is 19.8 Å². The van der Waals surface area contributed by atoms with Crippen LogP contribution < -0.4 is 10.6 Å². The van der Waals surface area contributed by atoms with Gasteiger partial charge in [-0.15, -0.1) is 0 Å². The Hall–Kier alpha value is -2.04. The van der Waals surface area contributed by atoms with Crippen molar-refractivity contribution in [1.82, 2.24) is 10.6 Å². The lowest BCUT2D eigenvalue weighted by molar-refractivity contribution is -0.193. The number of fused-ring (bicyclic) bond motifs is 2. The molecule has 0 saturated carbocycles. The zero-order chi connectivity index (χ0) is 26.2. The maximum absolute atomic E-state index is 15.1. The molecule has 4 heterocycles. The zero-order valence-electron chi connectivity index (χ0n) is 19.9. The molecule has 0 aromatic heterocycles. The number of halogens is 2. The number of nitrogens with one attached hydrogen (secondary N) is 2. The highest BCUT2D eigenvalue weighted by atomic mass is 19.1. The summed E-state index contributed by atoms with van der Waals surface area (Å²) in [6, 6.07) is 0. The van der Waals surface area contributed by atoms with Gasteiger partial charge in [-0.05, 0) is 27.7 Å². The third-order valence-corrected chi connectivity index (χ3v) is 6.52. The number of rotatable bonds is 6. The van der Waals surface area contributed by atoms with Crippen molar-refractivity contribution in [2.45, 2.75) is 88.3 Å². The smallest absolute Gasteiger partial charge is 0.242 e. The third kappa shape index (κ3) is 4.15. The molecule has 0 amide bonds. The molecule has 36 heavy (non-hydrogen) atoms. The molecule has 4 fully saturated rings. The zero-order valence-corrected chi connectivity index (χ0v) is 19.9. The van der Waals surface area contributed by atoms with Crippen LogP contribution in [0.25, 0.3) is 0 Å². The Labute approximate surface area is 204 Å². The second-order valence-corrected chi connectivity index (χ2v) is 10.0. The molecule has 0 bridgehead atoms. The first-order valence-corrected chi connectivity index (χ1v) is 11.5. The fourth-order valence-corrected chi connectivity index (χ4v) is 5.08. The highest BCUT2D eigenvalue weighted by molar-refractivity contribution is 6.22. The van der Waals surface area contributed by atoms with Gasteiger partial charge in [-0.3, -0.25) is 9.59 Å². The van der Waals surface area contributed by atoms with Gasteiger partial charge in [0.15, 0.2) is 35.7 Å². The number of ketones is 2. The summed E-state index contributed by atoms with van der Waals surface area (Å²) in [6.45, 7) is 5.62. The van der Waals surface area contributed by atoms with Crippen molar-refractivity contribution in [2.75, 3.05) is 13.2 Å². The van der Waals surface area contributed by atoms with Gasteiger partial charge in [0.05, 0.1) is 13.2 Å². The quantitative estimate of drug-likeness (QED) is 0.324. The molecule has 8 unspecified atom stereocenters. The lowest BCUT2D eigenvalue weighted by atomic mass is 10.0. The molecule has 0 spiro atoms. The lowest BCUT2D eigenvalue weighted by Gasteiger charge is -2.27. The van der Waals surface area contributed by atoms with E-state index in [2.05, 4.69) is 10.6 Å². The molecule has 0 aromatic carbocycles. The molecule has 8 atom stereocenters. The fraction of sp³-hybridized carbons (Fsp3) is 0.727. The first kappa shape index (κ1) is 25.6. The maximum atomic E-state index is 15.1. The highest BCUT2D eigenvalue weighted by Crippen LogP contribution is 2.40. The molecular weight excluding hydrogens is 490 g/mol. The van der Waals surface area contributed by atoms with E-state index >= 15 is 8.78 Å². The molecule has 0 radical (unpaired) electrons. The number of aliphatic hydroxyl groups excluding tert-OH is 2. The van der Waals surface area contributed by atoms with Crippen molar-refractivity contribution < 1.29 is 57.0 Å². The van der Waals surface area contributed by atoms with Gasteiger partial charge in [-0.1, -0.05) is 0 Å². The summed E-state index contributed by atoms with van der Waals surface area (Å²) >= 11 is 0. The Kier molecular flexibility index (Phi) is 6.24. The Morgan fingerprint density at radius 3 is 1.36 bits per heavy atom. The van der Waals surface area contributed by atoms with Gasteiger partial charge in [0, 0.05) is 0 Å². The summed E-state index contributed by atoms with van der Waals surface area (Å²) in [7, 11) is 0. The number of carbonyl (C=O) groups is 2. The number of carbonyl (C=O) groups excluding carboxylic acids is 2. The highest BCUT2D eigenvalue weighted by Gasteiger charge is 2.57. The van der Waals surface area contributed by atoms with Crippen LogP contribution in [0.15, 0.2) is 23.0 Å². The van der Waals surface area contributed by atoms with E-state index in [1.165, 1.54) is 0 Å². The summed E-state index contributed by atoms with van der Waals surface area (Å²) in [5, 5.41) is 24.0. The van der Waals surface area contributed by atoms with Crippen LogP contribution in [-0.4, -0.2) is 95.6 Å². The van der Waals surface area contributed by atoms with Crippen LogP contribution in [0.5, 0.6) is 0 Å². The largest absolute Gasteiger partial charge is 0.394 e. The lowest BCUT2D eigenvalue weighted by Crippen LogP contribution is -2.46. The first-order valence-electron chi connectivity index (χ1n) is 11.5. The molecule has 14 heteroatoms. The Bertz CT molecular complexity index is 950. The molecule has 5 rings (SSSR count). The van der Waals surface area contributed by atoms with Crippen molar-refractivity contribution in [3.05, 3.63) is 23.0 Å². The third-order valence-electron chi connectivity index (χ3n) is 6.52. The molecule has 5 aliphatic rings. The number of ether oxygens (including phenoxy) is 6. The number of Topliss-reactive ketones (excluding diaryl/α,β-unsaturated/α-hetero) is 2. The molecule has 4 N–H and O–H groups in total. The van der Waals surface area contributed by atoms with Gasteiger partial charge in [0.25, 0.3) is 0 Å². The van der Waals surface area contributed by atoms with E-state index in [-0.39, 0.29) is 0 Å². The van der Waals surface area contributed by atoms with Crippen molar-refractivity contribution in [2.24, 2.45) is 0 Å². The molecule has 0 aromatic rings. The Morgan fingerprint density at radius 2 is 1.03 bits per heavy atom. The van der Waals surface area contributed by atoms with Crippen LogP contribution in [0, 0.1) is 0 Å². The molecule has 200 valence electrons. The van der Waals surface area contributed by atoms with Crippen molar-refractivity contribution in [1.29, 1.82) is 0 Å². The van der Waals surface area contributed by atoms with Crippen LogP contribution in [0.1, 0.15) is 27.7 Å². The minimum atomic E-state index is -1.55. The summed E-state index contributed by atoms with van der Waals surface area (Å²) < 4.78 is 64.3. The Balaban J connectivity index is 1.34. The fourth-order valence-electron chi connectivity index (χ4n) is 5.08. The van der Waals surface area contributed by atoms with E-state index in [0.29, 0.717) is 0 Å². The van der Waals surface area contributed by atoms with Gasteiger partial charge in [0.2, 0.25) is 11.6 Å². The van der Waals surface area contributed by atoms with E-state index in [1.54, 1.807) is 27.7 Å². The average Bonchev–Trinajstić information content (AvgIpc) is 3.49. The second-order valence-electron chi connectivity index (χ2n) is 10.0. The van der Waals surface area contributed by atoms with Crippen LogP contribution >= 0.6 is 0 Å². The molecule has 4 aliphatic heterocycles. The number of hydrogen-bond acceptors (Lipinski definition) is 12. The SMILES string of the molecule is CC1(C)OC2C(CO)OC(NC3=C(F)C(=O)C(NC4OC(CO)C5OC(C)(C)OC45)=C(F)C3=O)C2O1. The normalized spacial score (nSPS) is 41.2. The number of hydrogen-bond donors (Lipinski definition) is 4. The monoisotopic (exact) mass is 518 g/mol. The van der Waals surface area contributed by atoms with E-state index < -0.39 is 108 Å². The van der Waals surface area contributed by atoms with Gasteiger partial charge in [0.1, 0.15) is 48.0 Å². The van der Waals surface area contributed by atoms with Crippen LogP contribution in [0.3, 0.4) is 0 Å². The van der Waals surface area contributed by atoms with Crippen LogP contribution in [0.4, 0.5) is 8.78 Å². The number of allylic oxidation sites excluding steroid dienone is 2. The first-order chi connectivity index (χ1) is 16.9. The summed E-state index contributed by atoms with van der Waals surface area (Å²) in [6.07, 6.45) is -7.31. The standard InChI is InChI=1S/C22H28F2N2O10/c1-21(2)33-15-7(5-27)31-19(17(15)35-21)25-11-9(23)14(30)12(10(24)13(11)29)26-20-18-16(8(6-28)32-20)34-22(3,4)36-18/h7-8,15-20,25-28H,5-6H2,1-4H3. The average molecular weight is 518 g/mol.